The molecule has 1 heterocycles. The van der Waals surface area contributed by atoms with Crippen LogP contribution in [0, 0.1) is 0 Å². The molecule has 1 atom stereocenters. The van der Waals surface area contributed by atoms with Gasteiger partial charge in [0.05, 0.1) is 5.52 Å². The predicted octanol–water partition coefficient (Wildman–Crippen LogP) is 3.20. The Hall–Kier alpha value is -1.61. The number of hydrogen-bond donors (Lipinski definition) is 2. The molecule has 0 spiro atoms. The Bertz CT molecular complexity index is 527. The number of benzene rings is 1. The predicted molar refractivity (Wildman–Crippen MR) is 75.8 cm³/mol. The minimum absolute atomic E-state index is 0.107. The highest BCUT2D eigenvalue weighted by Crippen LogP contribution is 2.22. The van der Waals surface area contributed by atoms with Gasteiger partial charge < -0.3 is 10.4 Å². The largest absolute Gasteiger partial charge is 0.396 e. The van der Waals surface area contributed by atoms with Crippen LogP contribution in [-0.2, 0) is 0 Å². The van der Waals surface area contributed by atoms with E-state index in [-0.39, 0.29) is 12.1 Å². The molecule has 0 aliphatic heterocycles. The molecule has 2 rings (SSSR count). The zero-order valence-corrected chi connectivity index (χ0v) is 11.0. The van der Waals surface area contributed by atoms with Crippen LogP contribution >= 0.6 is 0 Å². The van der Waals surface area contributed by atoms with Crippen molar-refractivity contribution in [3.05, 3.63) is 36.4 Å². The van der Waals surface area contributed by atoms with Gasteiger partial charge in [-0.2, -0.15) is 0 Å². The number of fused-ring (bicyclic) bond motifs is 1. The van der Waals surface area contributed by atoms with E-state index in [2.05, 4.69) is 36.3 Å². The first kappa shape index (κ1) is 12.8. The second-order valence-corrected chi connectivity index (χ2v) is 4.90. The molecule has 0 saturated carbocycles. The molecule has 2 aromatic rings. The number of aromatic nitrogens is 1. The van der Waals surface area contributed by atoms with Gasteiger partial charge >= 0.3 is 0 Å². The molecule has 0 bridgehead atoms. The molecule has 0 amide bonds. The van der Waals surface area contributed by atoms with Crippen molar-refractivity contribution < 1.29 is 5.11 Å². The monoisotopic (exact) mass is 244 g/mol. The Morgan fingerprint density at radius 1 is 1.22 bits per heavy atom. The number of para-hydroxylation sites is 1. The van der Waals surface area contributed by atoms with Crippen molar-refractivity contribution in [2.24, 2.45) is 0 Å². The van der Waals surface area contributed by atoms with Crippen LogP contribution in [0.25, 0.3) is 10.9 Å². The molecule has 18 heavy (non-hydrogen) atoms. The van der Waals surface area contributed by atoms with Crippen molar-refractivity contribution in [2.45, 2.75) is 32.2 Å². The standard InChI is InChI=1S/C15H20N2O/c1-3-15(2,10-11-18)17-14-9-8-12-6-4-5-7-13(12)16-14/h4-9,18H,3,10-11H2,1-2H3,(H,16,17). The normalized spacial score (nSPS) is 14.4. The highest BCUT2D eigenvalue weighted by atomic mass is 16.3. The van der Waals surface area contributed by atoms with Gasteiger partial charge in [-0.3, -0.25) is 0 Å². The van der Waals surface area contributed by atoms with Crippen LogP contribution in [0.4, 0.5) is 5.82 Å². The van der Waals surface area contributed by atoms with Crippen LogP contribution < -0.4 is 5.32 Å². The third-order valence-electron chi connectivity index (χ3n) is 3.47. The summed E-state index contributed by atoms with van der Waals surface area (Å²) in [5, 5.41) is 13.7. The average Bonchev–Trinajstić information content (AvgIpc) is 2.39. The second kappa shape index (κ2) is 5.36. The summed E-state index contributed by atoms with van der Waals surface area (Å²) < 4.78 is 0. The quantitative estimate of drug-likeness (QED) is 0.849. The van der Waals surface area contributed by atoms with Gasteiger partial charge in [-0.15, -0.1) is 0 Å². The molecule has 0 aliphatic rings. The Kier molecular flexibility index (Phi) is 3.82. The number of nitrogens with zero attached hydrogens (tertiary/aromatic N) is 1. The summed E-state index contributed by atoms with van der Waals surface area (Å²) in [6, 6.07) is 12.1. The van der Waals surface area contributed by atoms with Crippen molar-refractivity contribution >= 4 is 16.7 Å². The van der Waals surface area contributed by atoms with E-state index in [0.717, 1.165) is 29.6 Å². The van der Waals surface area contributed by atoms with Gasteiger partial charge in [0, 0.05) is 17.5 Å². The van der Waals surface area contributed by atoms with Crippen LogP contribution in [0.2, 0.25) is 0 Å². The van der Waals surface area contributed by atoms with E-state index in [9.17, 15) is 0 Å². The summed E-state index contributed by atoms with van der Waals surface area (Å²) in [6.07, 6.45) is 1.67. The first-order chi connectivity index (χ1) is 8.67. The maximum Gasteiger partial charge on any atom is 0.127 e. The lowest BCUT2D eigenvalue weighted by atomic mass is 9.95. The highest BCUT2D eigenvalue weighted by Gasteiger charge is 2.21. The number of anilines is 1. The van der Waals surface area contributed by atoms with Crippen LogP contribution in [0.5, 0.6) is 0 Å². The molecule has 0 aliphatic carbocycles. The maximum absolute atomic E-state index is 9.12. The van der Waals surface area contributed by atoms with Gasteiger partial charge in [-0.05, 0) is 38.0 Å². The fraction of sp³-hybridized carbons (Fsp3) is 0.400. The molecule has 0 saturated heterocycles. The summed E-state index contributed by atoms with van der Waals surface area (Å²) in [6.45, 7) is 4.41. The lowest BCUT2D eigenvalue weighted by molar-refractivity contribution is 0.252. The lowest BCUT2D eigenvalue weighted by Gasteiger charge is -2.29. The molecular weight excluding hydrogens is 224 g/mol. The molecule has 3 nitrogen and oxygen atoms in total. The van der Waals surface area contributed by atoms with E-state index >= 15 is 0 Å². The average molecular weight is 244 g/mol. The van der Waals surface area contributed by atoms with Gasteiger partial charge in [0.25, 0.3) is 0 Å². The van der Waals surface area contributed by atoms with Gasteiger partial charge in [-0.25, -0.2) is 4.98 Å². The van der Waals surface area contributed by atoms with Gasteiger partial charge in [0.2, 0.25) is 0 Å². The van der Waals surface area contributed by atoms with Gasteiger partial charge in [-0.1, -0.05) is 25.1 Å². The molecule has 1 aromatic heterocycles. The van der Waals surface area contributed by atoms with Gasteiger partial charge in [0.15, 0.2) is 0 Å². The van der Waals surface area contributed by atoms with Crippen LogP contribution in [0.1, 0.15) is 26.7 Å². The third-order valence-corrected chi connectivity index (χ3v) is 3.47. The fourth-order valence-electron chi connectivity index (χ4n) is 2.02. The van der Waals surface area contributed by atoms with Crippen molar-refractivity contribution in [3.63, 3.8) is 0 Å². The van der Waals surface area contributed by atoms with Crippen molar-refractivity contribution in [1.82, 2.24) is 4.98 Å². The molecule has 1 aromatic carbocycles. The molecule has 2 N–H and O–H groups in total. The van der Waals surface area contributed by atoms with Crippen LogP contribution in [-0.4, -0.2) is 22.2 Å². The number of aliphatic hydroxyl groups excluding tert-OH is 1. The molecule has 0 radical (unpaired) electrons. The van der Waals surface area contributed by atoms with E-state index in [1.165, 1.54) is 0 Å². The first-order valence-electron chi connectivity index (χ1n) is 6.42. The molecule has 1 unspecified atom stereocenters. The van der Waals surface area contributed by atoms with Crippen molar-refractivity contribution in [3.8, 4) is 0 Å². The Morgan fingerprint density at radius 3 is 2.72 bits per heavy atom. The molecule has 96 valence electrons. The zero-order chi connectivity index (χ0) is 13.0. The summed E-state index contributed by atoms with van der Waals surface area (Å²) in [4.78, 5) is 4.60. The Labute approximate surface area is 108 Å². The molecule has 3 heteroatoms. The smallest absolute Gasteiger partial charge is 0.127 e. The number of pyridine rings is 1. The lowest BCUT2D eigenvalue weighted by Crippen LogP contribution is -2.35. The van der Waals surface area contributed by atoms with Crippen LogP contribution in [0.15, 0.2) is 36.4 Å². The first-order valence-corrected chi connectivity index (χ1v) is 6.42. The van der Waals surface area contributed by atoms with E-state index in [0.29, 0.717) is 0 Å². The Morgan fingerprint density at radius 2 is 2.00 bits per heavy atom. The number of aliphatic hydroxyl groups is 1. The summed E-state index contributed by atoms with van der Waals surface area (Å²) >= 11 is 0. The third kappa shape index (κ3) is 2.79. The number of rotatable bonds is 5. The minimum atomic E-state index is -0.107. The molecule has 0 fully saturated rings. The van der Waals surface area contributed by atoms with Gasteiger partial charge in [0.1, 0.15) is 5.82 Å². The van der Waals surface area contributed by atoms with E-state index in [4.69, 9.17) is 5.11 Å². The van der Waals surface area contributed by atoms with Crippen molar-refractivity contribution in [1.29, 1.82) is 0 Å². The topological polar surface area (TPSA) is 45.1 Å². The van der Waals surface area contributed by atoms with Crippen molar-refractivity contribution in [2.75, 3.05) is 11.9 Å². The SMILES string of the molecule is CCC(C)(CCO)Nc1ccc2ccccc2n1. The zero-order valence-electron chi connectivity index (χ0n) is 11.0. The highest BCUT2D eigenvalue weighted by molar-refractivity contribution is 5.80. The van der Waals surface area contributed by atoms with Crippen LogP contribution in [0.3, 0.4) is 0 Å². The summed E-state index contributed by atoms with van der Waals surface area (Å²) in [5.41, 5.74) is 0.884. The maximum atomic E-state index is 9.12. The fourth-order valence-corrected chi connectivity index (χ4v) is 2.02. The van der Waals surface area contributed by atoms with E-state index in [1.54, 1.807) is 0 Å². The van der Waals surface area contributed by atoms with E-state index in [1.807, 2.05) is 24.3 Å². The second-order valence-electron chi connectivity index (χ2n) is 4.90. The Balaban J connectivity index is 2.26. The van der Waals surface area contributed by atoms with E-state index < -0.39 is 0 Å². The number of nitrogens with one attached hydrogen (secondary N) is 1. The minimum Gasteiger partial charge on any atom is -0.396 e. The number of hydrogen-bond acceptors (Lipinski definition) is 3. The summed E-state index contributed by atoms with van der Waals surface area (Å²) in [5.74, 6) is 0.867. The summed E-state index contributed by atoms with van der Waals surface area (Å²) in [7, 11) is 0. The molecular formula is C15H20N2O.